The first-order chi connectivity index (χ1) is 10.1. The Morgan fingerprint density at radius 3 is 2.43 bits per heavy atom. The molecule has 0 amide bonds. The van der Waals surface area contributed by atoms with E-state index in [4.69, 9.17) is 4.74 Å². The second kappa shape index (κ2) is 7.95. The number of methoxy groups -OCH3 is 1. The van der Waals surface area contributed by atoms with Crippen LogP contribution in [0.1, 0.15) is 11.1 Å². The Hall–Kier alpha value is -0.870. The van der Waals surface area contributed by atoms with E-state index in [1.807, 2.05) is 24.3 Å². The maximum atomic E-state index is 13.3. The Morgan fingerprint density at radius 1 is 1.10 bits per heavy atom. The topological polar surface area (TPSA) is 9.23 Å². The molecule has 0 saturated carbocycles. The summed E-state index contributed by atoms with van der Waals surface area (Å²) in [6.45, 7) is 0. The summed E-state index contributed by atoms with van der Waals surface area (Å²) < 4.78 is 19.1. The van der Waals surface area contributed by atoms with E-state index in [-0.39, 0.29) is 5.82 Å². The van der Waals surface area contributed by atoms with Gasteiger partial charge in [0.05, 0.1) is 11.6 Å². The van der Waals surface area contributed by atoms with Gasteiger partial charge in [0.1, 0.15) is 11.6 Å². The summed E-state index contributed by atoms with van der Waals surface area (Å²) >= 11 is 6.82. The van der Waals surface area contributed by atoms with Gasteiger partial charge in [-0.25, -0.2) is 4.39 Å². The molecule has 1 atom stereocenters. The lowest BCUT2D eigenvalue weighted by Gasteiger charge is -2.15. The van der Waals surface area contributed by atoms with Crippen LogP contribution < -0.4 is 4.74 Å². The minimum Gasteiger partial charge on any atom is -0.497 e. The fourth-order valence-corrected chi connectivity index (χ4v) is 3.20. The van der Waals surface area contributed by atoms with Crippen LogP contribution in [-0.4, -0.2) is 12.4 Å². The van der Waals surface area contributed by atoms with Gasteiger partial charge in [0.25, 0.3) is 0 Å². The third-order valence-corrected chi connectivity index (χ3v) is 4.91. The van der Waals surface area contributed by atoms with Gasteiger partial charge < -0.3 is 4.74 Å². The largest absolute Gasteiger partial charge is 0.497 e. The number of benzene rings is 2. The van der Waals surface area contributed by atoms with Gasteiger partial charge in [-0.1, -0.05) is 34.1 Å². The summed E-state index contributed by atoms with van der Waals surface area (Å²) in [7, 11) is 1.68. The Kier molecular flexibility index (Phi) is 6.24. The zero-order valence-corrected chi connectivity index (χ0v) is 15.0. The van der Waals surface area contributed by atoms with Crippen LogP contribution in [0.25, 0.3) is 0 Å². The van der Waals surface area contributed by atoms with Crippen molar-refractivity contribution in [1.82, 2.24) is 0 Å². The second-order valence-corrected chi connectivity index (χ2v) is 6.53. The van der Waals surface area contributed by atoms with E-state index in [9.17, 15) is 4.39 Å². The molecule has 2 rings (SSSR count). The average Bonchev–Trinajstić information content (AvgIpc) is 2.50. The third kappa shape index (κ3) is 4.82. The SMILES string of the molecule is COc1cccc(CC(CBr)Cc2ccc(F)c(Br)c2)c1. The molecule has 0 N–H and O–H groups in total. The molecule has 0 aliphatic rings. The van der Waals surface area contributed by atoms with Gasteiger partial charge in [0, 0.05) is 5.33 Å². The monoisotopic (exact) mass is 414 g/mol. The van der Waals surface area contributed by atoms with Crippen molar-refractivity contribution in [2.24, 2.45) is 5.92 Å². The second-order valence-electron chi connectivity index (χ2n) is 5.03. The van der Waals surface area contributed by atoms with Crippen LogP contribution in [-0.2, 0) is 12.8 Å². The van der Waals surface area contributed by atoms with Gasteiger partial charge >= 0.3 is 0 Å². The predicted octanol–water partition coefficient (Wildman–Crippen LogP) is 5.39. The van der Waals surface area contributed by atoms with Gasteiger partial charge in [-0.3, -0.25) is 0 Å². The molecule has 0 fully saturated rings. The normalized spacial score (nSPS) is 12.2. The standard InChI is InChI=1S/C17H17Br2FO/c1-21-15-4-2-3-12(9-15)7-14(11-18)8-13-5-6-17(20)16(19)10-13/h2-6,9-10,14H,7-8,11H2,1H3. The van der Waals surface area contributed by atoms with Gasteiger partial charge in [-0.2, -0.15) is 0 Å². The van der Waals surface area contributed by atoms with E-state index < -0.39 is 0 Å². The zero-order chi connectivity index (χ0) is 15.2. The first kappa shape index (κ1) is 16.5. The molecule has 0 heterocycles. The number of hydrogen-bond acceptors (Lipinski definition) is 1. The van der Waals surface area contributed by atoms with Crippen LogP contribution >= 0.6 is 31.9 Å². The van der Waals surface area contributed by atoms with Crippen LogP contribution in [0.5, 0.6) is 5.75 Å². The molecule has 0 aromatic heterocycles. The van der Waals surface area contributed by atoms with Crippen molar-refractivity contribution in [3.63, 3.8) is 0 Å². The Balaban J connectivity index is 2.07. The lowest BCUT2D eigenvalue weighted by atomic mass is 9.94. The van der Waals surface area contributed by atoms with Crippen molar-refractivity contribution < 1.29 is 9.13 Å². The number of halogens is 3. The quantitative estimate of drug-likeness (QED) is 0.574. The smallest absolute Gasteiger partial charge is 0.137 e. The summed E-state index contributed by atoms with van der Waals surface area (Å²) in [5.41, 5.74) is 2.38. The molecule has 112 valence electrons. The van der Waals surface area contributed by atoms with E-state index in [2.05, 4.69) is 44.0 Å². The van der Waals surface area contributed by atoms with Crippen molar-refractivity contribution in [2.45, 2.75) is 12.8 Å². The number of rotatable bonds is 6. The van der Waals surface area contributed by atoms with Crippen LogP contribution in [0.4, 0.5) is 4.39 Å². The minimum absolute atomic E-state index is 0.220. The van der Waals surface area contributed by atoms with Crippen molar-refractivity contribution >= 4 is 31.9 Å². The van der Waals surface area contributed by atoms with Crippen LogP contribution in [0, 0.1) is 11.7 Å². The first-order valence-corrected chi connectivity index (χ1v) is 8.66. The number of hydrogen-bond donors (Lipinski definition) is 0. The van der Waals surface area contributed by atoms with Gasteiger partial charge in [0.15, 0.2) is 0 Å². The minimum atomic E-state index is -0.220. The summed E-state index contributed by atoms with van der Waals surface area (Å²) in [6, 6.07) is 13.3. The molecule has 1 nitrogen and oxygen atoms in total. The van der Waals surface area contributed by atoms with Crippen LogP contribution in [0.3, 0.4) is 0 Å². The molecule has 0 radical (unpaired) electrons. The Morgan fingerprint density at radius 2 is 1.81 bits per heavy atom. The highest BCUT2D eigenvalue weighted by atomic mass is 79.9. The highest BCUT2D eigenvalue weighted by molar-refractivity contribution is 9.10. The lowest BCUT2D eigenvalue weighted by molar-refractivity contribution is 0.414. The van der Waals surface area contributed by atoms with E-state index >= 15 is 0 Å². The van der Waals surface area contributed by atoms with Gasteiger partial charge in [0.2, 0.25) is 0 Å². The maximum absolute atomic E-state index is 13.3. The van der Waals surface area contributed by atoms with Crippen molar-refractivity contribution in [1.29, 1.82) is 0 Å². The van der Waals surface area contributed by atoms with Crippen molar-refractivity contribution in [2.75, 3.05) is 12.4 Å². The molecular formula is C17H17Br2FO. The number of alkyl halides is 1. The maximum Gasteiger partial charge on any atom is 0.137 e. The lowest BCUT2D eigenvalue weighted by Crippen LogP contribution is -2.10. The van der Waals surface area contributed by atoms with Crippen molar-refractivity contribution in [3.05, 3.63) is 63.9 Å². The summed E-state index contributed by atoms with van der Waals surface area (Å²) in [6.07, 6.45) is 1.86. The van der Waals surface area contributed by atoms with Crippen molar-refractivity contribution in [3.8, 4) is 5.75 Å². The molecule has 1 unspecified atom stereocenters. The molecule has 0 spiro atoms. The zero-order valence-electron chi connectivity index (χ0n) is 11.8. The Bertz CT molecular complexity index is 601. The molecule has 0 aliphatic carbocycles. The molecule has 21 heavy (non-hydrogen) atoms. The summed E-state index contributed by atoms with van der Waals surface area (Å²) in [5, 5.41) is 0.902. The van der Waals surface area contributed by atoms with E-state index in [1.165, 1.54) is 11.6 Å². The highest BCUT2D eigenvalue weighted by Gasteiger charge is 2.11. The number of ether oxygens (including phenoxy) is 1. The molecule has 0 saturated heterocycles. The first-order valence-electron chi connectivity index (χ1n) is 6.75. The highest BCUT2D eigenvalue weighted by Crippen LogP contribution is 2.23. The van der Waals surface area contributed by atoms with Gasteiger partial charge in [-0.05, 0) is 70.1 Å². The summed E-state index contributed by atoms with van der Waals surface area (Å²) in [4.78, 5) is 0. The van der Waals surface area contributed by atoms with E-state index in [0.717, 1.165) is 29.5 Å². The van der Waals surface area contributed by atoms with Crippen LogP contribution in [0.15, 0.2) is 46.9 Å². The molecule has 2 aromatic carbocycles. The average molecular weight is 416 g/mol. The third-order valence-electron chi connectivity index (χ3n) is 3.39. The molecule has 2 aromatic rings. The predicted molar refractivity (Wildman–Crippen MR) is 91.8 cm³/mol. The Labute approximate surface area is 141 Å². The van der Waals surface area contributed by atoms with Gasteiger partial charge in [-0.15, -0.1) is 0 Å². The van der Waals surface area contributed by atoms with E-state index in [1.54, 1.807) is 7.11 Å². The fraction of sp³-hybridized carbons (Fsp3) is 0.294. The summed E-state index contributed by atoms with van der Waals surface area (Å²) in [5.74, 6) is 1.11. The van der Waals surface area contributed by atoms with Crippen LogP contribution in [0.2, 0.25) is 0 Å². The molecule has 0 bridgehead atoms. The molecule has 0 aliphatic heterocycles. The molecular weight excluding hydrogens is 399 g/mol. The fourth-order valence-electron chi connectivity index (χ4n) is 2.31. The van der Waals surface area contributed by atoms with E-state index in [0.29, 0.717) is 10.4 Å². The molecule has 4 heteroatoms.